The molecule has 0 saturated carbocycles. The lowest BCUT2D eigenvalue weighted by Crippen LogP contribution is -2.38. The van der Waals surface area contributed by atoms with Gasteiger partial charge in [-0.1, -0.05) is 168 Å². The first-order valence-corrected chi connectivity index (χ1v) is 17.3. The molecule has 0 aliphatic carbocycles. The van der Waals surface area contributed by atoms with Gasteiger partial charge in [0, 0.05) is 17.7 Å². The van der Waals surface area contributed by atoms with Gasteiger partial charge in [-0.15, -0.1) is 0 Å². The van der Waals surface area contributed by atoms with Gasteiger partial charge in [0.15, 0.2) is 0 Å². The minimum Gasteiger partial charge on any atom is -0.462 e. The Morgan fingerprint density at radius 3 is 1.17 bits per heavy atom. The zero-order chi connectivity index (χ0) is 31.0. The summed E-state index contributed by atoms with van der Waals surface area (Å²) in [6.07, 6.45) is 31.7. The van der Waals surface area contributed by atoms with Crippen LogP contribution in [0.1, 0.15) is 182 Å². The second-order valence-corrected chi connectivity index (χ2v) is 12.0. The lowest BCUT2D eigenvalue weighted by molar-refractivity contribution is -0.139. The van der Waals surface area contributed by atoms with Crippen LogP contribution in [0.4, 0.5) is 0 Å². The van der Waals surface area contributed by atoms with Crippen LogP contribution >= 0.6 is 0 Å². The number of ether oxygens (including phenoxy) is 1. The molecule has 41 heavy (non-hydrogen) atoms. The van der Waals surface area contributed by atoms with Crippen LogP contribution in [0.2, 0.25) is 0 Å². The Hall–Kier alpha value is -1.62. The minimum absolute atomic E-state index is 0.141. The standard InChI is InChI=1S/C18H36N2O.C18H34O2/c1-4-5-6-7-8-9-10-11-12-13-14-15-16-20(19)18(21)17(2)3;1-4-5-6-7-8-9-10-11-12-13-14-15-16-20-18(19)17(2)3/h2,4-16,19H2,1,3H3;2,4-16H2,1,3H3. The van der Waals surface area contributed by atoms with Crippen LogP contribution in [0.25, 0.3) is 0 Å². The number of nitrogens with two attached hydrogens (primary N) is 1. The van der Waals surface area contributed by atoms with Crippen LogP contribution in [0, 0.1) is 0 Å². The number of unbranched alkanes of at least 4 members (excludes halogenated alkanes) is 22. The van der Waals surface area contributed by atoms with Crippen molar-refractivity contribution in [2.45, 2.75) is 182 Å². The van der Waals surface area contributed by atoms with Crippen molar-refractivity contribution in [2.24, 2.45) is 5.84 Å². The SMILES string of the molecule is C=C(C)C(=O)N(N)CCCCCCCCCCCCCC.C=C(C)C(=O)OCCCCCCCCCCCCCC. The molecular weight excluding hydrogens is 508 g/mol. The molecular formula is C36H70N2O3. The van der Waals surface area contributed by atoms with Crippen LogP contribution in [0.5, 0.6) is 0 Å². The van der Waals surface area contributed by atoms with E-state index in [-0.39, 0.29) is 11.9 Å². The van der Waals surface area contributed by atoms with Gasteiger partial charge in [0.25, 0.3) is 5.91 Å². The molecule has 2 N–H and O–H groups in total. The first-order valence-electron chi connectivity index (χ1n) is 17.3. The smallest absolute Gasteiger partial charge is 0.333 e. The van der Waals surface area contributed by atoms with E-state index in [4.69, 9.17) is 10.6 Å². The Morgan fingerprint density at radius 2 is 0.854 bits per heavy atom. The summed E-state index contributed by atoms with van der Waals surface area (Å²) in [6.45, 7) is 16.3. The van der Waals surface area contributed by atoms with Crippen molar-refractivity contribution in [1.82, 2.24) is 5.01 Å². The first-order chi connectivity index (χ1) is 19.8. The maximum absolute atomic E-state index is 11.5. The van der Waals surface area contributed by atoms with Crippen LogP contribution in [-0.4, -0.2) is 30.0 Å². The molecule has 0 aliphatic rings. The molecule has 0 aromatic rings. The number of esters is 1. The highest BCUT2D eigenvalue weighted by Gasteiger charge is 2.08. The lowest BCUT2D eigenvalue weighted by atomic mass is 10.1. The molecule has 0 aromatic heterocycles. The molecule has 0 fully saturated rings. The summed E-state index contributed by atoms with van der Waals surface area (Å²) in [5.74, 6) is 5.27. The highest BCUT2D eigenvalue weighted by molar-refractivity contribution is 5.91. The van der Waals surface area contributed by atoms with Gasteiger partial charge in [-0.2, -0.15) is 0 Å². The molecule has 5 heteroatoms. The van der Waals surface area contributed by atoms with E-state index in [0.717, 1.165) is 19.3 Å². The quantitative estimate of drug-likeness (QED) is 0.0250. The number of carbonyl (C=O) groups excluding carboxylic acids is 2. The van der Waals surface area contributed by atoms with Crippen molar-refractivity contribution in [3.05, 3.63) is 24.3 Å². The normalized spacial score (nSPS) is 10.6. The summed E-state index contributed by atoms with van der Waals surface area (Å²) in [7, 11) is 0. The highest BCUT2D eigenvalue weighted by atomic mass is 16.5. The lowest BCUT2D eigenvalue weighted by Gasteiger charge is -2.16. The predicted octanol–water partition coefficient (Wildman–Crippen LogP) is 10.8. The Bertz CT molecular complexity index is 632. The average molecular weight is 579 g/mol. The van der Waals surface area contributed by atoms with E-state index < -0.39 is 0 Å². The highest BCUT2D eigenvalue weighted by Crippen LogP contribution is 2.13. The second-order valence-electron chi connectivity index (χ2n) is 12.0. The first kappa shape index (κ1) is 41.5. The van der Waals surface area contributed by atoms with E-state index in [1.54, 1.807) is 13.8 Å². The van der Waals surface area contributed by atoms with Crippen molar-refractivity contribution in [3.8, 4) is 0 Å². The Balaban J connectivity index is 0. The zero-order valence-electron chi connectivity index (χ0n) is 28.0. The van der Waals surface area contributed by atoms with E-state index in [1.165, 1.54) is 140 Å². The molecule has 0 atom stereocenters. The fraction of sp³-hybridized carbons (Fsp3) is 0.833. The maximum Gasteiger partial charge on any atom is 0.333 e. The van der Waals surface area contributed by atoms with Gasteiger partial charge >= 0.3 is 5.97 Å². The minimum atomic E-state index is -0.256. The van der Waals surface area contributed by atoms with E-state index in [0.29, 0.717) is 24.3 Å². The van der Waals surface area contributed by atoms with Gasteiger partial charge in [0.1, 0.15) is 0 Å². The van der Waals surface area contributed by atoms with E-state index in [9.17, 15) is 9.59 Å². The van der Waals surface area contributed by atoms with Crippen molar-refractivity contribution in [3.63, 3.8) is 0 Å². The zero-order valence-corrected chi connectivity index (χ0v) is 28.0. The third-order valence-corrected chi connectivity index (χ3v) is 7.46. The van der Waals surface area contributed by atoms with Gasteiger partial charge in [-0.25, -0.2) is 10.6 Å². The molecule has 0 spiro atoms. The number of hydrazine groups is 1. The molecule has 242 valence electrons. The van der Waals surface area contributed by atoms with Crippen molar-refractivity contribution in [1.29, 1.82) is 0 Å². The van der Waals surface area contributed by atoms with Crippen LogP contribution in [0.15, 0.2) is 24.3 Å². The fourth-order valence-corrected chi connectivity index (χ4v) is 4.70. The molecule has 0 heterocycles. The van der Waals surface area contributed by atoms with Crippen molar-refractivity contribution < 1.29 is 14.3 Å². The third-order valence-electron chi connectivity index (χ3n) is 7.46. The molecule has 0 bridgehead atoms. The molecule has 0 saturated heterocycles. The third kappa shape index (κ3) is 32.8. The predicted molar refractivity (Wildman–Crippen MR) is 179 cm³/mol. The largest absolute Gasteiger partial charge is 0.462 e. The molecule has 0 radical (unpaired) electrons. The number of amides is 1. The summed E-state index contributed by atoms with van der Waals surface area (Å²) < 4.78 is 5.06. The maximum atomic E-state index is 11.5. The van der Waals surface area contributed by atoms with Crippen molar-refractivity contribution in [2.75, 3.05) is 13.2 Å². The van der Waals surface area contributed by atoms with Crippen LogP contribution in [-0.2, 0) is 14.3 Å². The van der Waals surface area contributed by atoms with Crippen molar-refractivity contribution >= 4 is 11.9 Å². The summed E-state index contributed by atoms with van der Waals surface area (Å²) >= 11 is 0. The van der Waals surface area contributed by atoms with Crippen LogP contribution in [0.3, 0.4) is 0 Å². The Kier molecular flexibility index (Phi) is 33.3. The van der Waals surface area contributed by atoms with Gasteiger partial charge in [0.2, 0.25) is 0 Å². The number of hydrogen-bond donors (Lipinski definition) is 1. The number of hydrogen-bond acceptors (Lipinski definition) is 4. The fourth-order valence-electron chi connectivity index (χ4n) is 4.70. The summed E-state index contributed by atoms with van der Waals surface area (Å²) in [4.78, 5) is 22.6. The van der Waals surface area contributed by atoms with E-state index in [2.05, 4.69) is 27.0 Å². The summed E-state index contributed by atoms with van der Waals surface area (Å²) in [5.41, 5.74) is 1.00. The molecule has 1 amide bonds. The Morgan fingerprint density at radius 1 is 0.537 bits per heavy atom. The topological polar surface area (TPSA) is 72.6 Å². The van der Waals surface area contributed by atoms with E-state index >= 15 is 0 Å². The molecule has 0 aromatic carbocycles. The monoisotopic (exact) mass is 579 g/mol. The number of carbonyl (C=O) groups is 2. The average Bonchev–Trinajstić information content (AvgIpc) is 2.95. The Labute approximate surface area is 256 Å². The van der Waals surface area contributed by atoms with Gasteiger partial charge in [0.05, 0.1) is 6.61 Å². The molecule has 0 rings (SSSR count). The number of nitrogens with zero attached hydrogens (tertiary/aromatic N) is 1. The summed E-state index contributed by atoms with van der Waals surface area (Å²) in [6, 6.07) is 0. The van der Waals surface area contributed by atoms with Gasteiger partial charge in [-0.3, -0.25) is 9.80 Å². The van der Waals surface area contributed by atoms with Gasteiger partial charge < -0.3 is 4.74 Å². The summed E-state index contributed by atoms with van der Waals surface area (Å²) in [5, 5.41) is 1.29. The molecule has 0 aliphatic heterocycles. The van der Waals surface area contributed by atoms with E-state index in [1.807, 2.05) is 0 Å². The van der Waals surface area contributed by atoms with Gasteiger partial charge in [-0.05, 0) is 26.7 Å². The number of rotatable bonds is 28. The molecule has 0 unspecified atom stereocenters. The molecule has 5 nitrogen and oxygen atoms in total. The second kappa shape index (κ2) is 32.9. The van der Waals surface area contributed by atoms with Crippen LogP contribution < -0.4 is 5.84 Å².